The molecule has 0 saturated carbocycles. The van der Waals surface area contributed by atoms with E-state index < -0.39 is 0 Å². The van der Waals surface area contributed by atoms with E-state index in [1.165, 1.54) is 0 Å². The number of aliphatic hydroxyl groups is 1. The number of para-hydroxylation sites is 1. The molecule has 4 heteroatoms. The van der Waals surface area contributed by atoms with Gasteiger partial charge in [0.05, 0.1) is 11.6 Å². The first-order valence-electron chi connectivity index (χ1n) is 5.02. The predicted octanol–water partition coefficient (Wildman–Crippen LogP) is 4.39. The molecule has 0 bridgehead atoms. The zero-order valence-corrected chi connectivity index (χ0v) is 11.2. The van der Waals surface area contributed by atoms with E-state index in [0.29, 0.717) is 16.5 Å². The summed E-state index contributed by atoms with van der Waals surface area (Å²) in [4.78, 5) is 0. The molecule has 0 aliphatic carbocycles. The molecule has 0 heterocycles. The third kappa shape index (κ3) is 3.00. The predicted molar refractivity (Wildman–Crippen MR) is 71.6 cm³/mol. The summed E-state index contributed by atoms with van der Waals surface area (Å²) in [5.74, 6) is 1.16. The second-order valence-corrected chi connectivity index (χ2v) is 4.77. The fourth-order valence-electron chi connectivity index (χ4n) is 1.41. The average Bonchev–Trinajstić information content (AvgIpc) is 2.34. The molecule has 0 aliphatic heterocycles. The lowest BCUT2D eigenvalue weighted by Crippen LogP contribution is -1.91. The smallest absolute Gasteiger partial charge is 0.147 e. The molecule has 1 N–H and O–H groups in total. The van der Waals surface area contributed by atoms with Gasteiger partial charge in [0.2, 0.25) is 0 Å². The van der Waals surface area contributed by atoms with E-state index in [9.17, 15) is 5.11 Å². The van der Waals surface area contributed by atoms with Crippen molar-refractivity contribution in [3.8, 4) is 11.5 Å². The average molecular weight is 314 g/mol. The highest BCUT2D eigenvalue weighted by Gasteiger charge is 2.07. The van der Waals surface area contributed by atoms with Crippen LogP contribution in [0.25, 0.3) is 0 Å². The van der Waals surface area contributed by atoms with Gasteiger partial charge in [-0.15, -0.1) is 0 Å². The van der Waals surface area contributed by atoms with Crippen LogP contribution in [0.1, 0.15) is 5.56 Å². The molecule has 2 nitrogen and oxygen atoms in total. The van der Waals surface area contributed by atoms with Gasteiger partial charge >= 0.3 is 0 Å². The Balaban J connectivity index is 2.34. The first kappa shape index (κ1) is 12.4. The third-order valence-electron chi connectivity index (χ3n) is 2.26. The van der Waals surface area contributed by atoms with Crippen LogP contribution in [0.5, 0.6) is 11.5 Å². The van der Waals surface area contributed by atoms with Crippen LogP contribution < -0.4 is 4.74 Å². The quantitative estimate of drug-likeness (QED) is 0.911. The lowest BCUT2D eigenvalue weighted by atomic mass is 10.2. The van der Waals surface area contributed by atoms with Crippen molar-refractivity contribution in [3.05, 3.63) is 57.5 Å². The molecule has 2 aromatic rings. The molecule has 0 spiro atoms. The molecule has 0 atom stereocenters. The summed E-state index contributed by atoms with van der Waals surface area (Å²) in [6.07, 6.45) is 0. The summed E-state index contributed by atoms with van der Waals surface area (Å²) >= 11 is 9.39. The number of rotatable bonds is 3. The molecule has 0 aromatic heterocycles. The Morgan fingerprint density at radius 1 is 1.12 bits per heavy atom. The van der Waals surface area contributed by atoms with Crippen molar-refractivity contribution < 1.29 is 9.84 Å². The summed E-state index contributed by atoms with van der Waals surface area (Å²) < 4.78 is 6.58. The van der Waals surface area contributed by atoms with E-state index in [2.05, 4.69) is 15.9 Å². The van der Waals surface area contributed by atoms with Gasteiger partial charge in [0.1, 0.15) is 11.5 Å². The molecule has 0 fully saturated rings. The summed E-state index contributed by atoms with van der Waals surface area (Å²) in [5, 5.41) is 9.73. The Morgan fingerprint density at radius 2 is 1.88 bits per heavy atom. The lowest BCUT2D eigenvalue weighted by Gasteiger charge is -2.11. The van der Waals surface area contributed by atoms with E-state index in [-0.39, 0.29) is 6.61 Å². The number of hydrogen-bond donors (Lipinski definition) is 1. The molecule has 88 valence electrons. The number of halogens is 2. The minimum atomic E-state index is -0.0677. The second-order valence-electron chi connectivity index (χ2n) is 3.44. The fraction of sp³-hybridized carbons (Fsp3) is 0.0769. The normalized spacial score (nSPS) is 10.3. The first-order chi connectivity index (χ1) is 8.20. The summed E-state index contributed by atoms with van der Waals surface area (Å²) in [6.45, 7) is -0.0677. The Kier molecular flexibility index (Phi) is 4.05. The fourth-order valence-corrected chi connectivity index (χ4v) is 1.90. The molecule has 0 amide bonds. The van der Waals surface area contributed by atoms with Gasteiger partial charge < -0.3 is 9.84 Å². The largest absolute Gasteiger partial charge is 0.455 e. The Labute approximate surface area is 113 Å². The highest BCUT2D eigenvalue weighted by atomic mass is 79.9. The zero-order valence-electron chi connectivity index (χ0n) is 8.86. The van der Waals surface area contributed by atoms with Gasteiger partial charge in [0.15, 0.2) is 0 Å². The van der Waals surface area contributed by atoms with E-state index >= 15 is 0 Å². The van der Waals surface area contributed by atoms with Crippen molar-refractivity contribution in [3.63, 3.8) is 0 Å². The minimum Gasteiger partial charge on any atom is -0.455 e. The standard InChI is InChI=1S/C13H10BrClO2/c14-10-5-6-11(15)13(7-10)17-12-4-2-1-3-9(12)8-16/h1-7,16H,8H2. The maximum Gasteiger partial charge on any atom is 0.147 e. The van der Waals surface area contributed by atoms with Gasteiger partial charge in [-0.05, 0) is 24.3 Å². The molecular formula is C13H10BrClO2. The van der Waals surface area contributed by atoms with Gasteiger partial charge in [-0.3, -0.25) is 0 Å². The van der Waals surface area contributed by atoms with Crippen molar-refractivity contribution in [2.24, 2.45) is 0 Å². The van der Waals surface area contributed by atoms with E-state index in [1.807, 2.05) is 18.2 Å². The van der Waals surface area contributed by atoms with Gasteiger partial charge in [-0.25, -0.2) is 0 Å². The van der Waals surface area contributed by atoms with Crippen LogP contribution >= 0.6 is 27.5 Å². The Morgan fingerprint density at radius 3 is 2.65 bits per heavy atom. The highest BCUT2D eigenvalue weighted by molar-refractivity contribution is 9.10. The number of hydrogen-bond acceptors (Lipinski definition) is 2. The molecule has 0 saturated heterocycles. The monoisotopic (exact) mass is 312 g/mol. The van der Waals surface area contributed by atoms with Crippen molar-refractivity contribution in [2.75, 3.05) is 0 Å². The van der Waals surface area contributed by atoms with Gasteiger partial charge in [-0.2, -0.15) is 0 Å². The van der Waals surface area contributed by atoms with Crippen molar-refractivity contribution in [2.45, 2.75) is 6.61 Å². The molecule has 0 unspecified atom stereocenters. The first-order valence-corrected chi connectivity index (χ1v) is 6.19. The summed E-state index contributed by atoms with van der Waals surface area (Å²) in [7, 11) is 0. The number of aliphatic hydroxyl groups excluding tert-OH is 1. The molecular weight excluding hydrogens is 303 g/mol. The molecule has 0 aliphatic rings. The second kappa shape index (κ2) is 5.54. The maximum absolute atomic E-state index is 9.20. The molecule has 17 heavy (non-hydrogen) atoms. The number of ether oxygens (including phenoxy) is 1. The van der Waals surface area contributed by atoms with Crippen LogP contribution in [-0.2, 0) is 6.61 Å². The van der Waals surface area contributed by atoms with Crippen LogP contribution in [0.3, 0.4) is 0 Å². The maximum atomic E-state index is 9.20. The highest BCUT2D eigenvalue weighted by Crippen LogP contribution is 2.33. The van der Waals surface area contributed by atoms with Gasteiger partial charge in [0, 0.05) is 10.0 Å². The topological polar surface area (TPSA) is 29.5 Å². The Hall–Kier alpha value is -1.03. The van der Waals surface area contributed by atoms with Crippen LogP contribution in [0, 0.1) is 0 Å². The number of benzene rings is 2. The van der Waals surface area contributed by atoms with Crippen LogP contribution in [-0.4, -0.2) is 5.11 Å². The van der Waals surface area contributed by atoms with E-state index in [1.54, 1.807) is 24.3 Å². The van der Waals surface area contributed by atoms with Gasteiger partial charge in [-0.1, -0.05) is 45.7 Å². The van der Waals surface area contributed by atoms with Crippen LogP contribution in [0.2, 0.25) is 5.02 Å². The third-order valence-corrected chi connectivity index (χ3v) is 3.06. The minimum absolute atomic E-state index is 0.0677. The summed E-state index contributed by atoms with van der Waals surface area (Å²) in [6, 6.07) is 12.7. The zero-order chi connectivity index (χ0) is 12.3. The Bertz CT molecular complexity index is 529. The summed E-state index contributed by atoms with van der Waals surface area (Å²) in [5.41, 5.74) is 0.726. The lowest BCUT2D eigenvalue weighted by molar-refractivity contribution is 0.276. The van der Waals surface area contributed by atoms with Crippen LogP contribution in [0.15, 0.2) is 46.9 Å². The van der Waals surface area contributed by atoms with Crippen molar-refractivity contribution in [1.82, 2.24) is 0 Å². The molecule has 0 radical (unpaired) electrons. The van der Waals surface area contributed by atoms with E-state index in [0.717, 1.165) is 10.0 Å². The SMILES string of the molecule is OCc1ccccc1Oc1cc(Br)ccc1Cl. The molecule has 2 aromatic carbocycles. The van der Waals surface area contributed by atoms with E-state index in [4.69, 9.17) is 16.3 Å². The van der Waals surface area contributed by atoms with Gasteiger partial charge in [0.25, 0.3) is 0 Å². The van der Waals surface area contributed by atoms with Crippen LogP contribution in [0.4, 0.5) is 0 Å². The van der Waals surface area contributed by atoms with Crippen molar-refractivity contribution in [1.29, 1.82) is 0 Å². The molecule has 2 rings (SSSR count). The van der Waals surface area contributed by atoms with Crippen molar-refractivity contribution >= 4 is 27.5 Å².